The number of rotatable bonds is 4. The Labute approximate surface area is 268 Å². The highest BCUT2D eigenvalue weighted by molar-refractivity contribution is 7.26. The maximum atomic E-state index is 4.72. The number of aryl methyl sites for hydroxylation is 1. The van der Waals surface area contributed by atoms with Crippen molar-refractivity contribution in [2.75, 3.05) is 0 Å². The Morgan fingerprint density at radius 1 is 0.422 bits per heavy atom. The van der Waals surface area contributed by atoms with E-state index in [0.717, 1.165) is 22.5 Å². The van der Waals surface area contributed by atoms with Gasteiger partial charge in [-0.25, -0.2) is 9.97 Å². The minimum absolute atomic E-state index is 0.915. The highest BCUT2D eigenvalue weighted by atomic mass is 32.1. The van der Waals surface area contributed by atoms with E-state index in [1.165, 1.54) is 68.2 Å². The summed E-state index contributed by atoms with van der Waals surface area (Å²) in [6, 6.07) is 48.3. The molecule has 212 valence electrons. The Morgan fingerprint density at radius 2 is 0.956 bits per heavy atom. The van der Waals surface area contributed by atoms with Crippen LogP contribution in [0.3, 0.4) is 0 Å². The summed E-state index contributed by atoms with van der Waals surface area (Å²) in [6.07, 6.45) is 1.69. The molecule has 0 N–H and O–H groups in total. The highest BCUT2D eigenvalue weighted by Gasteiger charge is 2.14. The van der Waals surface area contributed by atoms with Gasteiger partial charge in [0.2, 0.25) is 0 Å². The number of hydrogen-bond donors (Lipinski definition) is 0. The maximum absolute atomic E-state index is 4.72. The van der Waals surface area contributed by atoms with Gasteiger partial charge in [0.25, 0.3) is 0 Å². The van der Waals surface area contributed by atoms with Crippen molar-refractivity contribution in [2.24, 2.45) is 0 Å². The van der Waals surface area contributed by atoms with Crippen LogP contribution < -0.4 is 0 Å². The van der Waals surface area contributed by atoms with Crippen LogP contribution in [-0.4, -0.2) is 9.97 Å². The Balaban J connectivity index is 1.10. The van der Waals surface area contributed by atoms with E-state index < -0.39 is 0 Å². The van der Waals surface area contributed by atoms with Crippen LogP contribution in [0.1, 0.15) is 5.56 Å². The van der Waals surface area contributed by atoms with E-state index in [0.29, 0.717) is 0 Å². The van der Waals surface area contributed by atoms with E-state index in [1.54, 1.807) is 6.33 Å². The molecule has 45 heavy (non-hydrogen) atoms. The molecule has 0 fully saturated rings. The van der Waals surface area contributed by atoms with E-state index in [1.807, 2.05) is 22.7 Å². The fraction of sp³-hybridized carbons (Fsp3) is 0.0244. The van der Waals surface area contributed by atoms with Crippen molar-refractivity contribution < 1.29 is 0 Å². The average Bonchev–Trinajstić information content (AvgIpc) is 3.66. The van der Waals surface area contributed by atoms with Crippen molar-refractivity contribution in [3.8, 4) is 44.8 Å². The van der Waals surface area contributed by atoms with E-state index in [-0.39, 0.29) is 0 Å². The summed E-state index contributed by atoms with van der Waals surface area (Å²) in [4.78, 5) is 9.43. The summed E-state index contributed by atoms with van der Waals surface area (Å²) < 4.78 is 5.29. The smallest absolute Gasteiger partial charge is 0.116 e. The van der Waals surface area contributed by atoms with Crippen LogP contribution in [0.25, 0.3) is 85.1 Å². The lowest BCUT2D eigenvalue weighted by molar-refractivity contribution is 1.18. The van der Waals surface area contributed by atoms with Gasteiger partial charge >= 0.3 is 0 Å². The fourth-order valence-electron chi connectivity index (χ4n) is 6.47. The predicted octanol–water partition coefficient (Wildman–Crippen LogP) is 12.2. The lowest BCUT2D eigenvalue weighted by Crippen LogP contribution is -1.90. The Morgan fingerprint density at radius 3 is 1.62 bits per heavy atom. The maximum Gasteiger partial charge on any atom is 0.116 e. The lowest BCUT2D eigenvalue weighted by atomic mass is 9.98. The van der Waals surface area contributed by atoms with Gasteiger partial charge < -0.3 is 0 Å². The number of fused-ring (bicyclic) bond motifs is 6. The highest BCUT2D eigenvalue weighted by Crippen LogP contribution is 2.42. The second-order valence-corrected chi connectivity index (χ2v) is 13.6. The van der Waals surface area contributed by atoms with Gasteiger partial charge in [-0.1, -0.05) is 103 Å². The monoisotopic (exact) mass is 610 g/mol. The zero-order valence-electron chi connectivity index (χ0n) is 24.5. The number of hydrogen-bond acceptors (Lipinski definition) is 4. The predicted molar refractivity (Wildman–Crippen MR) is 194 cm³/mol. The molecule has 0 aliphatic heterocycles. The summed E-state index contributed by atoms with van der Waals surface area (Å²) in [7, 11) is 0. The molecule has 9 aromatic rings. The van der Waals surface area contributed by atoms with Gasteiger partial charge in [0.05, 0.1) is 11.4 Å². The molecule has 0 aliphatic carbocycles. The molecular weight excluding hydrogens is 585 g/mol. The lowest BCUT2D eigenvalue weighted by Gasteiger charge is -2.09. The number of nitrogens with zero attached hydrogens (tertiary/aromatic N) is 2. The largest absolute Gasteiger partial charge is 0.236 e. The third-order valence-corrected chi connectivity index (χ3v) is 11.1. The summed E-state index contributed by atoms with van der Waals surface area (Å²) in [6.45, 7) is 2.16. The first kappa shape index (κ1) is 26.3. The van der Waals surface area contributed by atoms with Gasteiger partial charge in [-0.3, -0.25) is 0 Å². The molecule has 0 spiro atoms. The standard InChI is InChI=1S/C41H26N2S2/c1-25-18-19-33-35-16-7-14-31(41(35)45-39(33)20-25)27-9-5-11-29(22-27)37-23-36(42-24-43-37)28-10-4-8-26(21-28)30-13-6-15-34-32-12-2-3-17-38(32)44-40(30)34/h2-24H,1H3. The molecule has 4 heteroatoms. The number of thiophene rings is 2. The quantitative estimate of drug-likeness (QED) is 0.198. The third-order valence-electron chi connectivity index (χ3n) is 8.66. The zero-order valence-corrected chi connectivity index (χ0v) is 26.1. The SMILES string of the molecule is Cc1ccc2c(c1)sc1c(-c3cccc(-c4cc(-c5cccc(-c6cccc7c6sc6ccccc67)c5)ncn4)c3)cccc12. The van der Waals surface area contributed by atoms with Crippen molar-refractivity contribution in [2.45, 2.75) is 6.92 Å². The molecule has 0 radical (unpaired) electrons. The molecule has 6 aromatic carbocycles. The van der Waals surface area contributed by atoms with Crippen LogP contribution in [-0.2, 0) is 0 Å². The van der Waals surface area contributed by atoms with Gasteiger partial charge in [0.15, 0.2) is 0 Å². The van der Waals surface area contributed by atoms with Crippen molar-refractivity contribution in [3.63, 3.8) is 0 Å². The molecule has 0 amide bonds. The second kappa shape index (κ2) is 10.5. The topological polar surface area (TPSA) is 25.8 Å². The van der Waals surface area contributed by atoms with E-state index in [9.17, 15) is 0 Å². The van der Waals surface area contributed by atoms with Crippen LogP contribution in [0.5, 0.6) is 0 Å². The van der Waals surface area contributed by atoms with Crippen molar-refractivity contribution in [1.82, 2.24) is 9.97 Å². The Bertz CT molecular complexity index is 2570. The normalized spacial score (nSPS) is 11.7. The van der Waals surface area contributed by atoms with Crippen LogP contribution in [0.15, 0.2) is 140 Å². The van der Waals surface area contributed by atoms with Crippen LogP contribution >= 0.6 is 22.7 Å². The Hall–Kier alpha value is -5.16. The van der Waals surface area contributed by atoms with Gasteiger partial charge in [0, 0.05) is 51.5 Å². The average molecular weight is 611 g/mol. The van der Waals surface area contributed by atoms with Crippen LogP contribution in [0.2, 0.25) is 0 Å². The van der Waals surface area contributed by atoms with Crippen molar-refractivity contribution in [1.29, 1.82) is 0 Å². The fourth-order valence-corrected chi connectivity index (χ4v) is 9.05. The van der Waals surface area contributed by atoms with Crippen LogP contribution in [0, 0.1) is 6.92 Å². The molecule has 9 rings (SSSR count). The first-order chi connectivity index (χ1) is 22.2. The molecule has 0 saturated heterocycles. The molecule has 0 atom stereocenters. The minimum Gasteiger partial charge on any atom is -0.236 e. The van der Waals surface area contributed by atoms with E-state index >= 15 is 0 Å². The van der Waals surface area contributed by atoms with Crippen LogP contribution in [0.4, 0.5) is 0 Å². The summed E-state index contributed by atoms with van der Waals surface area (Å²) in [5.41, 5.74) is 10.2. The summed E-state index contributed by atoms with van der Waals surface area (Å²) in [5, 5.41) is 5.26. The molecule has 0 aliphatic rings. The molecule has 3 heterocycles. The molecule has 0 bridgehead atoms. The minimum atomic E-state index is 0.915. The zero-order chi connectivity index (χ0) is 29.9. The summed E-state index contributed by atoms with van der Waals surface area (Å²) in [5.74, 6) is 0. The number of benzene rings is 6. The molecule has 2 nitrogen and oxygen atoms in total. The van der Waals surface area contributed by atoms with Gasteiger partial charge in [0.1, 0.15) is 6.33 Å². The van der Waals surface area contributed by atoms with Gasteiger partial charge in [-0.05, 0) is 65.1 Å². The molecule has 0 unspecified atom stereocenters. The first-order valence-electron chi connectivity index (χ1n) is 15.1. The van der Waals surface area contributed by atoms with Crippen molar-refractivity contribution in [3.05, 3.63) is 145 Å². The Kier molecular flexibility index (Phi) is 6.12. The summed E-state index contributed by atoms with van der Waals surface area (Å²) >= 11 is 3.74. The number of aromatic nitrogens is 2. The van der Waals surface area contributed by atoms with Crippen molar-refractivity contribution >= 4 is 63.0 Å². The van der Waals surface area contributed by atoms with E-state index in [4.69, 9.17) is 9.97 Å². The third kappa shape index (κ3) is 4.45. The second-order valence-electron chi connectivity index (χ2n) is 11.5. The van der Waals surface area contributed by atoms with E-state index in [2.05, 4.69) is 140 Å². The van der Waals surface area contributed by atoms with Gasteiger partial charge in [-0.15, -0.1) is 22.7 Å². The first-order valence-corrected chi connectivity index (χ1v) is 16.7. The molecule has 0 saturated carbocycles. The van der Waals surface area contributed by atoms with Gasteiger partial charge in [-0.2, -0.15) is 0 Å². The molecular formula is C41H26N2S2. The molecule has 3 aromatic heterocycles.